The number of Topliss-reactive ketones (excluding diaryl/α,β-unsaturated/α-hetero) is 2. The van der Waals surface area contributed by atoms with Gasteiger partial charge < -0.3 is 4.90 Å². The molecule has 3 aromatic rings. The zero-order valence-electron chi connectivity index (χ0n) is 20.3. The van der Waals surface area contributed by atoms with Crippen molar-refractivity contribution in [2.45, 2.75) is 45.4 Å². The number of nitrogens with zero attached hydrogens (tertiary/aromatic N) is 4. The van der Waals surface area contributed by atoms with Crippen LogP contribution in [0.3, 0.4) is 0 Å². The van der Waals surface area contributed by atoms with Crippen LogP contribution in [0.4, 0.5) is 4.39 Å². The Hall–Kier alpha value is -3.81. The predicted octanol–water partition coefficient (Wildman–Crippen LogP) is 4.23. The molecule has 184 valence electrons. The summed E-state index contributed by atoms with van der Waals surface area (Å²) >= 11 is 0. The third-order valence-electron chi connectivity index (χ3n) is 7.50. The number of hydrogen-bond donors (Lipinski definition) is 0. The molecule has 1 aliphatic heterocycles. The van der Waals surface area contributed by atoms with E-state index in [-0.39, 0.29) is 17.5 Å². The van der Waals surface area contributed by atoms with Crippen molar-refractivity contribution in [2.24, 2.45) is 5.41 Å². The Labute approximate surface area is 208 Å². The van der Waals surface area contributed by atoms with E-state index in [0.717, 1.165) is 29.1 Å². The summed E-state index contributed by atoms with van der Waals surface area (Å²) in [4.78, 5) is 53.6. The molecule has 1 aromatic carbocycles. The standard InChI is InChI=1S/C28H27FN4O3/c1-17-11-19(26-31-15-20(29)16-32-26)12-18(2)24(17)25-22(34)13-28(14-23(25)35)6-9-33(10-7-28)27(36)21-5-3-4-8-30-21/h3-5,8,11-12,15-16,25H,6-7,9-10,13-14H2,1-2H3. The highest BCUT2D eigenvalue weighted by molar-refractivity contribution is 6.10. The third kappa shape index (κ3) is 4.43. The predicted molar refractivity (Wildman–Crippen MR) is 131 cm³/mol. The molecule has 0 atom stereocenters. The molecule has 1 saturated carbocycles. The zero-order valence-corrected chi connectivity index (χ0v) is 20.3. The van der Waals surface area contributed by atoms with Gasteiger partial charge in [0.05, 0.1) is 12.4 Å². The molecule has 0 unspecified atom stereocenters. The summed E-state index contributed by atoms with van der Waals surface area (Å²) in [5.41, 5.74) is 3.10. The Balaban J connectivity index is 1.32. The lowest BCUT2D eigenvalue weighted by Crippen LogP contribution is -2.48. The Morgan fingerprint density at radius 1 is 0.972 bits per heavy atom. The van der Waals surface area contributed by atoms with Gasteiger partial charge in [-0.2, -0.15) is 0 Å². The molecule has 2 aromatic heterocycles. The van der Waals surface area contributed by atoms with Crippen LogP contribution in [0.1, 0.15) is 58.8 Å². The molecule has 0 radical (unpaired) electrons. The molecule has 2 fully saturated rings. The first-order chi connectivity index (χ1) is 17.3. The summed E-state index contributed by atoms with van der Waals surface area (Å²) < 4.78 is 13.2. The Morgan fingerprint density at radius 2 is 1.58 bits per heavy atom. The summed E-state index contributed by atoms with van der Waals surface area (Å²) in [6.45, 7) is 4.76. The van der Waals surface area contributed by atoms with Crippen LogP contribution in [-0.2, 0) is 9.59 Å². The molecule has 7 nitrogen and oxygen atoms in total. The number of aromatic nitrogens is 3. The van der Waals surface area contributed by atoms with Crippen molar-refractivity contribution in [3.05, 3.63) is 77.1 Å². The molecular weight excluding hydrogens is 459 g/mol. The topological polar surface area (TPSA) is 93.1 Å². The number of aryl methyl sites for hydroxylation is 2. The van der Waals surface area contributed by atoms with Crippen molar-refractivity contribution >= 4 is 17.5 Å². The number of benzene rings is 1. The van der Waals surface area contributed by atoms with E-state index >= 15 is 0 Å². The number of amides is 1. The second-order valence-corrected chi connectivity index (χ2v) is 9.97. The van der Waals surface area contributed by atoms with Gasteiger partial charge in [-0.05, 0) is 73.1 Å². The summed E-state index contributed by atoms with van der Waals surface area (Å²) in [5.74, 6) is -1.15. The van der Waals surface area contributed by atoms with Crippen LogP contribution in [0, 0.1) is 25.1 Å². The van der Waals surface area contributed by atoms with E-state index in [1.807, 2.05) is 26.0 Å². The molecule has 2 aliphatic rings. The monoisotopic (exact) mass is 486 g/mol. The van der Waals surface area contributed by atoms with Gasteiger partial charge in [-0.25, -0.2) is 14.4 Å². The number of rotatable bonds is 3. The number of likely N-dealkylation sites (tertiary alicyclic amines) is 1. The lowest BCUT2D eigenvalue weighted by atomic mass is 9.62. The molecule has 1 amide bonds. The highest BCUT2D eigenvalue weighted by Crippen LogP contribution is 2.47. The zero-order chi connectivity index (χ0) is 25.4. The van der Waals surface area contributed by atoms with Crippen LogP contribution in [0.15, 0.2) is 48.9 Å². The fraction of sp³-hybridized carbons (Fsp3) is 0.357. The average molecular weight is 487 g/mol. The Kier molecular flexibility index (Phi) is 6.20. The number of hydrogen-bond acceptors (Lipinski definition) is 6. The largest absolute Gasteiger partial charge is 0.337 e. The lowest BCUT2D eigenvalue weighted by Gasteiger charge is -2.44. The molecule has 8 heteroatoms. The summed E-state index contributed by atoms with van der Waals surface area (Å²) in [6, 6.07) is 8.95. The first-order valence-corrected chi connectivity index (χ1v) is 12.1. The number of piperidine rings is 1. The van der Waals surface area contributed by atoms with E-state index < -0.39 is 17.2 Å². The molecule has 0 bridgehead atoms. The number of carbonyl (C=O) groups excluding carboxylic acids is 3. The molecule has 1 saturated heterocycles. The van der Waals surface area contributed by atoms with Gasteiger partial charge in [-0.1, -0.05) is 6.07 Å². The molecule has 1 aliphatic carbocycles. The van der Waals surface area contributed by atoms with Crippen LogP contribution >= 0.6 is 0 Å². The maximum atomic E-state index is 13.4. The number of halogens is 1. The summed E-state index contributed by atoms with van der Waals surface area (Å²) in [7, 11) is 0. The average Bonchev–Trinajstić information content (AvgIpc) is 2.86. The molecule has 0 N–H and O–H groups in total. The van der Waals surface area contributed by atoms with Gasteiger partial charge in [0.2, 0.25) is 0 Å². The Bertz CT molecular complexity index is 1290. The smallest absolute Gasteiger partial charge is 0.272 e. The fourth-order valence-corrected chi connectivity index (χ4v) is 5.72. The highest BCUT2D eigenvalue weighted by Gasteiger charge is 2.48. The van der Waals surface area contributed by atoms with Crippen LogP contribution in [0.25, 0.3) is 11.4 Å². The van der Waals surface area contributed by atoms with Gasteiger partial charge in [-0.3, -0.25) is 19.4 Å². The minimum absolute atomic E-state index is 0.0623. The van der Waals surface area contributed by atoms with Crippen LogP contribution in [0.5, 0.6) is 0 Å². The van der Waals surface area contributed by atoms with Crippen LogP contribution in [-0.4, -0.2) is 50.4 Å². The first-order valence-electron chi connectivity index (χ1n) is 12.1. The SMILES string of the molecule is Cc1cc(-c2ncc(F)cn2)cc(C)c1C1C(=O)CC2(CCN(C(=O)c3ccccn3)CC2)CC1=O. The molecule has 3 heterocycles. The number of ketones is 2. The van der Waals surface area contributed by atoms with Crippen LogP contribution in [0.2, 0.25) is 0 Å². The van der Waals surface area contributed by atoms with E-state index in [1.54, 1.807) is 29.3 Å². The van der Waals surface area contributed by atoms with Gasteiger partial charge in [-0.15, -0.1) is 0 Å². The maximum Gasteiger partial charge on any atom is 0.272 e. The quantitative estimate of drug-likeness (QED) is 0.515. The first kappa shape index (κ1) is 23.9. The van der Waals surface area contributed by atoms with E-state index in [9.17, 15) is 18.8 Å². The van der Waals surface area contributed by atoms with Crippen molar-refractivity contribution in [3.63, 3.8) is 0 Å². The van der Waals surface area contributed by atoms with E-state index in [2.05, 4.69) is 15.0 Å². The second kappa shape index (κ2) is 9.33. The van der Waals surface area contributed by atoms with Gasteiger partial charge in [0.1, 0.15) is 23.2 Å². The molecule has 36 heavy (non-hydrogen) atoms. The Morgan fingerprint density at radius 3 is 2.14 bits per heavy atom. The molecule has 5 rings (SSSR count). The van der Waals surface area contributed by atoms with Crippen molar-refractivity contribution in [2.75, 3.05) is 13.1 Å². The summed E-state index contributed by atoms with van der Waals surface area (Å²) in [5, 5.41) is 0. The van der Waals surface area contributed by atoms with E-state index in [4.69, 9.17) is 0 Å². The van der Waals surface area contributed by atoms with Crippen molar-refractivity contribution in [1.29, 1.82) is 0 Å². The second-order valence-electron chi connectivity index (χ2n) is 9.97. The van der Waals surface area contributed by atoms with Gasteiger partial charge in [0.15, 0.2) is 11.6 Å². The van der Waals surface area contributed by atoms with Gasteiger partial charge in [0, 0.05) is 37.7 Å². The van der Waals surface area contributed by atoms with Crippen molar-refractivity contribution in [3.8, 4) is 11.4 Å². The minimum atomic E-state index is -0.785. The van der Waals surface area contributed by atoms with Gasteiger partial charge >= 0.3 is 0 Å². The maximum absolute atomic E-state index is 13.4. The molecule has 1 spiro atoms. The van der Waals surface area contributed by atoms with E-state index in [1.165, 1.54) is 0 Å². The number of carbonyl (C=O) groups is 3. The van der Waals surface area contributed by atoms with E-state index in [0.29, 0.717) is 55.9 Å². The van der Waals surface area contributed by atoms with Gasteiger partial charge in [0.25, 0.3) is 5.91 Å². The highest BCUT2D eigenvalue weighted by atomic mass is 19.1. The van der Waals surface area contributed by atoms with Crippen LogP contribution < -0.4 is 0 Å². The van der Waals surface area contributed by atoms with Crippen molar-refractivity contribution < 1.29 is 18.8 Å². The summed E-state index contributed by atoms with van der Waals surface area (Å²) in [6.07, 6.45) is 5.73. The molecular formula is C28H27FN4O3. The third-order valence-corrected chi connectivity index (χ3v) is 7.50. The fourth-order valence-electron chi connectivity index (χ4n) is 5.72. The van der Waals surface area contributed by atoms with Crippen molar-refractivity contribution in [1.82, 2.24) is 19.9 Å². The normalized spacial score (nSPS) is 18.0. The lowest BCUT2D eigenvalue weighted by molar-refractivity contribution is -0.138. The number of pyridine rings is 1. The minimum Gasteiger partial charge on any atom is -0.337 e.